The molecule has 0 radical (unpaired) electrons. The number of rotatable bonds is 5. The van der Waals surface area contributed by atoms with E-state index >= 15 is 0 Å². The monoisotopic (exact) mass is 340 g/mol. The Morgan fingerprint density at radius 1 is 1.20 bits per heavy atom. The van der Waals surface area contributed by atoms with Crippen LogP contribution in [0.2, 0.25) is 0 Å². The van der Waals surface area contributed by atoms with Crippen LogP contribution in [0, 0.1) is 0 Å². The Morgan fingerprint density at radius 2 is 1.90 bits per heavy atom. The van der Waals surface area contributed by atoms with E-state index in [4.69, 9.17) is 4.74 Å². The van der Waals surface area contributed by atoms with Crippen molar-refractivity contribution >= 4 is 27.7 Å². The maximum atomic E-state index is 11.9. The molecule has 0 saturated carbocycles. The Bertz CT molecular complexity index is 507. The number of amides is 2. The Balaban J connectivity index is 1.83. The molecule has 0 aromatic heterocycles. The number of halogens is 1. The largest absolute Gasteiger partial charge is 0.492 e. The highest BCUT2D eigenvalue weighted by Gasteiger charge is 2.31. The fourth-order valence-corrected chi connectivity index (χ4v) is 2.44. The summed E-state index contributed by atoms with van der Waals surface area (Å²) in [7, 11) is 0. The molecule has 1 aliphatic heterocycles. The molecular formula is C14H17BrN2O3. The lowest BCUT2D eigenvalue weighted by molar-refractivity contribution is -0.156. The van der Waals surface area contributed by atoms with E-state index in [0.717, 1.165) is 10.2 Å². The molecule has 0 aliphatic carbocycles. The highest BCUT2D eigenvalue weighted by Crippen LogP contribution is 2.17. The molecule has 108 valence electrons. The first kappa shape index (κ1) is 14.8. The molecule has 0 unspecified atom stereocenters. The molecule has 2 rings (SSSR count). The van der Waals surface area contributed by atoms with Crippen LogP contribution in [-0.4, -0.2) is 54.4 Å². The third-order valence-electron chi connectivity index (χ3n) is 3.20. The molecule has 0 atom stereocenters. The molecule has 0 N–H and O–H groups in total. The summed E-state index contributed by atoms with van der Waals surface area (Å²) in [4.78, 5) is 26.7. The van der Waals surface area contributed by atoms with Crippen LogP contribution in [0.15, 0.2) is 28.7 Å². The fraction of sp³-hybridized carbons (Fsp3) is 0.429. The predicted octanol–water partition coefficient (Wildman–Crippen LogP) is 1.52. The van der Waals surface area contributed by atoms with Crippen LogP contribution < -0.4 is 4.74 Å². The van der Waals surface area contributed by atoms with Crippen molar-refractivity contribution in [1.29, 1.82) is 0 Å². The van der Waals surface area contributed by atoms with Gasteiger partial charge in [0.25, 0.3) is 0 Å². The van der Waals surface area contributed by atoms with Crippen molar-refractivity contribution in [3.8, 4) is 5.75 Å². The molecule has 6 heteroatoms. The van der Waals surface area contributed by atoms with Gasteiger partial charge in [-0.15, -0.1) is 0 Å². The van der Waals surface area contributed by atoms with Crippen LogP contribution >= 0.6 is 15.9 Å². The molecule has 1 heterocycles. The third-order valence-corrected chi connectivity index (χ3v) is 3.70. The van der Waals surface area contributed by atoms with Crippen molar-refractivity contribution < 1.29 is 14.3 Å². The Morgan fingerprint density at radius 3 is 2.60 bits per heavy atom. The van der Waals surface area contributed by atoms with Gasteiger partial charge in [0.1, 0.15) is 12.4 Å². The molecule has 5 nitrogen and oxygen atoms in total. The van der Waals surface area contributed by atoms with Gasteiger partial charge in [-0.1, -0.05) is 22.0 Å². The number of benzene rings is 1. The molecule has 20 heavy (non-hydrogen) atoms. The molecule has 1 aromatic rings. The first-order chi connectivity index (χ1) is 9.61. The average Bonchev–Trinajstić information content (AvgIpc) is 2.44. The quantitative estimate of drug-likeness (QED) is 0.763. The molecule has 1 saturated heterocycles. The number of piperazine rings is 1. The second-order valence-electron chi connectivity index (χ2n) is 4.48. The van der Waals surface area contributed by atoms with Gasteiger partial charge in [-0.05, 0) is 25.1 Å². The van der Waals surface area contributed by atoms with Gasteiger partial charge in [-0.3, -0.25) is 9.59 Å². The zero-order chi connectivity index (χ0) is 14.5. The normalized spacial score (nSPS) is 15.7. The van der Waals surface area contributed by atoms with Crippen molar-refractivity contribution in [1.82, 2.24) is 9.80 Å². The van der Waals surface area contributed by atoms with Gasteiger partial charge >= 0.3 is 11.8 Å². The number of carbonyl (C=O) groups is 2. The smallest absolute Gasteiger partial charge is 0.312 e. The lowest BCUT2D eigenvalue weighted by Crippen LogP contribution is -2.54. The zero-order valence-electron chi connectivity index (χ0n) is 11.3. The first-order valence-electron chi connectivity index (χ1n) is 6.58. The summed E-state index contributed by atoms with van der Waals surface area (Å²) in [5.41, 5.74) is 0. The number of carbonyl (C=O) groups excluding carboxylic acids is 2. The van der Waals surface area contributed by atoms with Gasteiger partial charge in [0.2, 0.25) is 0 Å². The van der Waals surface area contributed by atoms with Gasteiger partial charge in [0, 0.05) is 24.1 Å². The standard InChI is InChI=1S/C14H17BrN2O3/c1-2-16-6-7-17(14(19)13(16)18)8-9-20-12-5-3-4-11(15)10-12/h3-5,10H,2,6-9H2,1H3. The van der Waals surface area contributed by atoms with Crippen LogP contribution in [0.1, 0.15) is 6.92 Å². The molecule has 0 bridgehead atoms. The van der Waals surface area contributed by atoms with E-state index in [9.17, 15) is 9.59 Å². The lowest BCUT2D eigenvalue weighted by atomic mass is 10.3. The predicted molar refractivity (Wildman–Crippen MR) is 78.5 cm³/mol. The van der Waals surface area contributed by atoms with Gasteiger partial charge < -0.3 is 14.5 Å². The molecule has 1 aromatic carbocycles. The Labute approximate surface area is 126 Å². The maximum Gasteiger partial charge on any atom is 0.312 e. The van der Waals surface area contributed by atoms with E-state index in [1.54, 1.807) is 9.80 Å². The maximum absolute atomic E-state index is 11.9. The molecule has 2 amide bonds. The van der Waals surface area contributed by atoms with Gasteiger partial charge in [-0.25, -0.2) is 0 Å². The fourth-order valence-electron chi connectivity index (χ4n) is 2.06. The summed E-state index contributed by atoms with van der Waals surface area (Å²) in [5.74, 6) is -0.109. The average molecular weight is 341 g/mol. The van der Waals surface area contributed by atoms with Crippen molar-refractivity contribution in [2.75, 3.05) is 32.8 Å². The van der Waals surface area contributed by atoms with Crippen LogP contribution in [0.3, 0.4) is 0 Å². The van der Waals surface area contributed by atoms with Gasteiger partial charge in [0.15, 0.2) is 0 Å². The van der Waals surface area contributed by atoms with Crippen LogP contribution in [0.4, 0.5) is 0 Å². The van der Waals surface area contributed by atoms with E-state index in [2.05, 4.69) is 15.9 Å². The minimum Gasteiger partial charge on any atom is -0.492 e. The van der Waals surface area contributed by atoms with Crippen LogP contribution in [0.5, 0.6) is 5.75 Å². The van der Waals surface area contributed by atoms with Crippen molar-refractivity contribution in [2.24, 2.45) is 0 Å². The van der Waals surface area contributed by atoms with E-state index in [1.165, 1.54) is 0 Å². The minimum absolute atomic E-state index is 0.377. The van der Waals surface area contributed by atoms with E-state index in [1.807, 2.05) is 31.2 Å². The topological polar surface area (TPSA) is 49.9 Å². The van der Waals surface area contributed by atoms with E-state index in [-0.39, 0.29) is 0 Å². The van der Waals surface area contributed by atoms with Gasteiger partial charge in [0.05, 0.1) is 6.54 Å². The Hall–Kier alpha value is -1.56. The summed E-state index contributed by atoms with van der Waals surface area (Å²) in [6.45, 7) is 4.42. The summed E-state index contributed by atoms with van der Waals surface area (Å²) in [6.07, 6.45) is 0. The highest BCUT2D eigenvalue weighted by molar-refractivity contribution is 9.10. The zero-order valence-corrected chi connectivity index (χ0v) is 12.9. The highest BCUT2D eigenvalue weighted by atomic mass is 79.9. The third kappa shape index (κ3) is 3.50. The van der Waals surface area contributed by atoms with E-state index in [0.29, 0.717) is 32.8 Å². The number of nitrogens with zero attached hydrogens (tertiary/aromatic N) is 2. The Kier molecular flexibility index (Phi) is 5.00. The van der Waals surface area contributed by atoms with Crippen LogP contribution in [0.25, 0.3) is 0 Å². The molecule has 1 fully saturated rings. The summed E-state index contributed by atoms with van der Waals surface area (Å²) in [5, 5.41) is 0. The molecule has 1 aliphatic rings. The summed E-state index contributed by atoms with van der Waals surface area (Å²) in [6, 6.07) is 7.52. The van der Waals surface area contributed by atoms with Gasteiger partial charge in [-0.2, -0.15) is 0 Å². The molecule has 0 spiro atoms. The first-order valence-corrected chi connectivity index (χ1v) is 7.37. The minimum atomic E-state index is -0.434. The second kappa shape index (κ2) is 6.74. The van der Waals surface area contributed by atoms with Crippen molar-refractivity contribution in [3.63, 3.8) is 0 Å². The summed E-state index contributed by atoms with van der Waals surface area (Å²) >= 11 is 3.37. The van der Waals surface area contributed by atoms with Crippen molar-refractivity contribution in [3.05, 3.63) is 28.7 Å². The van der Waals surface area contributed by atoms with E-state index < -0.39 is 11.8 Å². The second-order valence-corrected chi connectivity index (χ2v) is 5.40. The number of hydrogen-bond acceptors (Lipinski definition) is 3. The number of ether oxygens (including phenoxy) is 1. The van der Waals surface area contributed by atoms with Crippen LogP contribution in [-0.2, 0) is 9.59 Å². The van der Waals surface area contributed by atoms with Crippen molar-refractivity contribution in [2.45, 2.75) is 6.92 Å². The molecular weight excluding hydrogens is 324 g/mol. The lowest BCUT2D eigenvalue weighted by Gasteiger charge is -2.32. The number of hydrogen-bond donors (Lipinski definition) is 0. The number of likely N-dealkylation sites (N-methyl/N-ethyl adjacent to an activating group) is 1. The SMILES string of the molecule is CCN1CCN(CCOc2cccc(Br)c2)C(=O)C1=O. The summed E-state index contributed by atoms with van der Waals surface area (Å²) < 4.78 is 6.52.